The molecule has 0 saturated heterocycles. The number of hydrogen-bond donors (Lipinski definition) is 0. The van der Waals surface area contributed by atoms with E-state index >= 15 is 0 Å². The molecule has 42 heavy (non-hydrogen) atoms. The molecule has 4 aromatic carbocycles. The molecule has 0 N–H and O–H groups in total. The van der Waals surface area contributed by atoms with Gasteiger partial charge in [0.1, 0.15) is 11.0 Å². The summed E-state index contributed by atoms with van der Waals surface area (Å²) in [6.07, 6.45) is 2.35. The molecular weight excluding hydrogens is 549 g/mol. The van der Waals surface area contributed by atoms with Crippen LogP contribution in [0.5, 0.6) is 0 Å². The van der Waals surface area contributed by atoms with Crippen molar-refractivity contribution in [2.24, 2.45) is 0 Å². The maximum atomic E-state index is 14.1. The number of hydrogen-bond acceptors (Lipinski definition) is 1. The summed E-state index contributed by atoms with van der Waals surface area (Å²) in [4.78, 5) is 0. The van der Waals surface area contributed by atoms with Crippen molar-refractivity contribution < 1.29 is 4.21 Å². The van der Waals surface area contributed by atoms with E-state index in [1.54, 1.807) is 0 Å². The highest BCUT2D eigenvalue weighted by atomic mass is 32.2. The highest BCUT2D eigenvalue weighted by Crippen LogP contribution is 2.47. The van der Waals surface area contributed by atoms with Gasteiger partial charge in [-0.15, -0.1) is 0 Å². The fourth-order valence-corrected chi connectivity index (χ4v) is 10.2. The molecule has 5 rings (SSSR count). The summed E-state index contributed by atoms with van der Waals surface area (Å²) >= 11 is 0. The van der Waals surface area contributed by atoms with Crippen molar-refractivity contribution in [2.45, 2.75) is 82.9 Å². The molecule has 0 amide bonds. The van der Waals surface area contributed by atoms with Crippen molar-refractivity contribution in [2.75, 3.05) is 7.05 Å². The first-order valence-corrected chi connectivity index (χ1v) is 17.5. The van der Waals surface area contributed by atoms with Crippen LogP contribution in [0.15, 0.2) is 103 Å². The van der Waals surface area contributed by atoms with E-state index in [0.29, 0.717) is 0 Å². The number of benzene rings is 4. The topological polar surface area (TPSA) is 20.3 Å². The van der Waals surface area contributed by atoms with Crippen LogP contribution in [0, 0.1) is 0 Å². The number of fused-ring (bicyclic) bond motifs is 1. The average Bonchev–Trinajstić information content (AvgIpc) is 2.97. The molecule has 0 bridgehead atoms. The van der Waals surface area contributed by atoms with E-state index in [2.05, 4.69) is 156 Å². The predicted molar refractivity (Wildman–Crippen MR) is 184 cm³/mol. The van der Waals surface area contributed by atoms with Crippen LogP contribution in [0.2, 0.25) is 0 Å². The average molecular weight is 596 g/mol. The molecule has 2 atom stereocenters. The standard InChI is InChI=1S/C38H46NOPS/c1-36(2,3)42(40)39(8)35(28-23-24-32-33(27-28)38(6,7)26-25-37(32,4)5)31-21-15-16-22-34(31)41(29-17-11-9-12-18-29)30-19-13-10-14-20-30/h9-24,27,35H,25-26H2,1-8H3. The van der Waals surface area contributed by atoms with E-state index in [9.17, 15) is 4.21 Å². The largest absolute Gasteiger partial charge is 0.242 e. The fraction of sp³-hybridized carbons (Fsp3) is 0.368. The lowest BCUT2D eigenvalue weighted by Crippen LogP contribution is -2.40. The monoisotopic (exact) mass is 595 g/mol. The number of nitrogens with zero attached hydrogens (tertiary/aromatic N) is 1. The minimum atomic E-state index is -1.22. The molecule has 2 unspecified atom stereocenters. The minimum absolute atomic E-state index is 0.0907. The Morgan fingerprint density at radius 3 is 1.76 bits per heavy atom. The molecule has 220 valence electrons. The number of rotatable bonds is 7. The van der Waals surface area contributed by atoms with Crippen molar-refractivity contribution in [1.29, 1.82) is 0 Å². The van der Waals surface area contributed by atoms with E-state index in [1.807, 2.05) is 7.05 Å². The van der Waals surface area contributed by atoms with Gasteiger partial charge in [0.2, 0.25) is 0 Å². The maximum Gasteiger partial charge on any atom is 0.100 e. The molecule has 0 heterocycles. The van der Waals surface area contributed by atoms with Crippen molar-refractivity contribution in [1.82, 2.24) is 4.31 Å². The Morgan fingerprint density at radius 1 is 0.714 bits per heavy atom. The molecule has 0 spiro atoms. The SMILES string of the molecule is CN(C(c1ccc2c(c1)C(C)(C)CCC2(C)C)c1ccccc1P(c1ccccc1)c1ccccc1)S(=O)C(C)(C)C. The second-order valence-electron chi connectivity index (χ2n) is 13.9. The molecule has 1 aliphatic rings. The fourth-order valence-electron chi connectivity index (χ4n) is 6.39. The van der Waals surface area contributed by atoms with E-state index in [0.717, 1.165) is 6.42 Å². The Kier molecular flexibility index (Phi) is 8.70. The normalized spacial score (nSPS) is 17.6. The molecular formula is C38H46NOPS. The zero-order chi connectivity index (χ0) is 30.3. The van der Waals surface area contributed by atoms with Crippen LogP contribution in [0.3, 0.4) is 0 Å². The zero-order valence-electron chi connectivity index (χ0n) is 26.5. The molecule has 0 aliphatic heterocycles. The summed E-state index contributed by atoms with van der Waals surface area (Å²) in [5.41, 5.74) is 5.55. The van der Waals surface area contributed by atoms with Gasteiger partial charge in [0.05, 0.1) is 10.8 Å². The third-order valence-corrected chi connectivity index (χ3v) is 13.1. The van der Waals surface area contributed by atoms with E-state index in [1.165, 1.54) is 44.6 Å². The van der Waals surface area contributed by atoms with Crippen LogP contribution >= 0.6 is 7.92 Å². The Labute approximate surface area is 257 Å². The van der Waals surface area contributed by atoms with Crippen molar-refractivity contribution in [3.8, 4) is 0 Å². The summed E-state index contributed by atoms with van der Waals surface area (Å²) in [6, 6.07) is 37.6. The first-order chi connectivity index (χ1) is 19.8. The van der Waals surface area contributed by atoms with E-state index in [-0.39, 0.29) is 21.6 Å². The van der Waals surface area contributed by atoms with Gasteiger partial charge < -0.3 is 0 Å². The van der Waals surface area contributed by atoms with Gasteiger partial charge in [0, 0.05) is 7.05 Å². The second-order valence-corrected chi connectivity index (χ2v) is 18.4. The van der Waals surface area contributed by atoms with Gasteiger partial charge in [0.25, 0.3) is 0 Å². The van der Waals surface area contributed by atoms with Gasteiger partial charge in [0.15, 0.2) is 0 Å². The highest BCUT2D eigenvalue weighted by molar-refractivity contribution is 7.84. The van der Waals surface area contributed by atoms with E-state index in [4.69, 9.17) is 0 Å². The zero-order valence-corrected chi connectivity index (χ0v) is 28.2. The van der Waals surface area contributed by atoms with Crippen molar-refractivity contribution in [3.05, 3.63) is 125 Å². The Hall–Kier alpha value is -2.58. The van der Waals surface area contributed by atoms with Gasteiger partial charge in [-0.05, 0) is 90.5 Å². The quantitative estimate of drug-likeness (QED) is 0.197. The van der Waals surface area contributed by atoms with Crippen LogP contribution < -0.4 is 15.9 Å². The molecule has 1 aliphatic carbocycles. The smallest absolute Gasteiger partial charge is 0.100 e. The van der Waals surface area contributed by atoms with Crippen LogP contribution in [-0.4, -0.2) is 20.3 Å². The third-order valence-electron chi connectivity index (χ3n) is 8.84. The van der Waals surface area contributed by atoms with Gasteiger partial charge in [-0.25, -0.2) is 8.51 Å². The molecule has 2 nitrogen and oxygen atoms in total. The summed E-state index contributed by atoms with van der Waals surface area (Å²) in [5.74, 6) is 0. The lowest BCUT2D eigenvalue weighted by Gasteiger charge is -2.43. The molecule has 0 aromatic heterocycles. The van der Waals surface area contributed by atoms with Crippen molar-refractivity contribution in [3.63, 3.8) is 0 Å². The highest BCUT2D eigenvalue weighted by Gasteiger charge is 2.39. The Balaban J connectivity index is 1.76. The van der Waals surface area contributed by atoms with E-state index < -0.39 is 18.9 Å². The van der Waals surface area contributed by atoms with Gasteiger partial charge in [-0.1, -0.05) is 131 Å². The van der Waals surface area contributed by atoms with Crippen molar-refractivity contribution >= 4 is 34.8 Å². The predicted octanol–water partition coefficient (Wildman–Crippen LogP) is 8.28. The van der Waals surface area contributed by atoms with Crippen LogP contribution in [0.1, 0.15) is 89.6 Å². The summed E-state index contributed by atoms with van der Waals surface area (Å²) in [5, 5.41) is 3.95. The van der Waals surface area contributed by atoms with Crippen LogP contribution in [-0.2, 0) is 21.8 Å². The van der Waals surface area contributed by atoms with Gasteiger partial charge in [-0.3, -0.25) is 0 Å². The molecule has 0 fully saturated rings. The first-order valence-electron chi connectivity index (χ1n) is 15.1. The van der Waals surface area contributed by atoms with Gasteiger partial charge >= 0.3 is 0 Å². The first kappa shape index (κ1) is 30.9. The Bertz CT molecular complexity index is 1520. The summed E-state index contributed by atoms with van der Waals surface area (Å²) in [7, 11) is -0.00419. The van der Waals surface area contributed by atoms with Crippen LogP contribution in [0.25, 0.3) is 0 Å². The molecule has 4 heteroatoms. The summed E-state index contributed by atoms with van der Waals surface area (Å²) in [6.45, 7) is 15.7. The molecule has 4 aromatic rings. The van der Waals surface area contributed by atoms with Gasteiger partial charge in [-0.2, -0.15) is 0 Å². The Morgan fingerprint density at radius 2 is 1.21 bits per heavy atom. The lowest BCUT2D eigenvalue weighted by molar-refractivity contribution is 0.330. The van der Waals surface area contributed by atoms with Crippen LogP contribution in [0.4, 0.5) is 0 Å². The maximum absolute atomic E-state index is 14.1. The lowest BCUT2D eigenvalue weighted by atomic mass is 9.63. The molecule has 0 saturated carbocycles. The minimum Gasteiger partial charge on any atom is -0.242 e. The summed E-state index contributed by atoms with van der Waals surface area (Å²) < 4.78 is 15.9. The second kappa shape index (κ2) is 11.8. The molecule has 0 radical (unpaired) electrons. The third kappa shape index (κ3) is 6.07.